The molecule has 0 atom stereocenters. The van der Waals surface area contributed by atoms with Crippen molar-refractivity contribution in [3.63, 3.8) is 0 Å². The summed E-state index contributed by atoms with van der Waals surface area (Å²) in [4.78, 5) is 0. The normalized spacial score (nSPS) is 11.1. The molecule has 0 fully saturated rings. The van der Waals surface area contributed by atoms with Crippen LogP contribution in [0.3, 0.4) is 0 Å². The van der Waals surface area contributed by atoms with E-state index in [-0.39, 0.29) is 17.9 Å². The molecule has 162 valence electrons. The van der Waals surface area contributed by atoms with Gasteiger partial charge in [-0.25, -0.2) is 0 Å². The van der Waals surface area contributed by atoms with E-state index in [4.69, 9.17) is 30.5 Å². The van der Waals surface area contributed by atoms with Gasteiger partial charge in [-0.2, -0.15) is 21.0 Å². The molecule has 6 heteroatoms. The predicted octanol–water partition coefficient (Wildman–Crippen LogP) is 6.25. The average Bonchev–Trinajstić information content (AvgIpc) is 3.09. The van der Waals surface area contributed by atoms with Gasteiger partial charge in [0.2, 0.25) is 6.79 Å². The number of ether oxygens (including phenoxy) is 2. The maximum atomic E-state index is 9.09. The Morgan fingerprint density at radius 2 is 1.03 bits per heavy atom. The van der Waals surface area contributed by atoms with Crippen molar-refractivity contribution in [2.24, 2.45) is 0 Å². The number of nitriles is 4. The van der Waals surface area contributed by atoms with Gasteiger partial charge in [-0.15, -0.1) is 0 Å². The first-order chi connectivity index (χ1) is 17.1. The fourth-order valence-electron chi connectivity index (χ4n) is 4.26. The van der Waals surface area contributed by atoms with Crippen molar-refractivity contribution in [1.82, 2.24) is 0 Å². The third-order valence-electron chi connectivity index (χ3n) is 5.79. The largest absolute Gasteiger partial charge is 0.457 e. The lowest BCUT2D eigenvalue weighted by Crippen LogP contribution is -2.03. The second-order valence-corrected chi connectivity index (χ2v) is 7.81. The van der Waals surface area contributed by atoms with Gasteiger partial charge in [0.05, 0.1) is 0 Å². The molecule has 0 radical (unpaired) electrons. The topological polar surface area (TPSA) is 114 Å². The zero-order valence-corrected chi connectivity index (χ0v) is 18.2. The smallest absolute Gasteiger partial charge is 0.230 e. The molecule has 5 rings (SSSR count). The van der Waals surface area contributed by atoms with Gasteiger partial charge in [0.1, 0.15) is 46.9 Å². The van der Waals surface area contributed by atoms with Crippen LogP contribution in [-0.4, -0.2) is 6.79 Å². The Balaban J connectivity index is 1.76. The highest BCUT2D eigenvalue weighted by molar-refractivity contribution is 6.10. The number of fused-ring (bicyclic) bond motifs is 7. The molecule has 0 aliphatic carbocycles. The van der Waals surface area contributed by atoms with Crippen molar-refractivity contribution in [2.75, 3.05) is 6.79 Å². The average molecular weight is 450 g/mol. The molecular weight excluding hydrogens is 436 g/mol. The second kappa shape index (κ2) is 8.76. The molecule has 0 bridgehead atoms. The fraction of sp³-hybridized carbons (Fsp3) is 0.0345. The van der Waals surface area contributed by atoms with Crippen LogP contribution >= 0.6 is 0 Å². The summed E-state index contributed by atoms with van der Waals surface area (Å²) >= 11 is 0. The minimum atomic E-state index is 0.0352. The molecule has 0 saturated carbocycles. The highest BCUT2D eigenvalue weighted by Crippen LogP contribution is 2.47. The number of hydrogen-bond acceptors (Lipinski definition) is 6. The Bertz CT molecular complexity index is 1610. The summed E-state index contributed by atoms with van der Waals surface area (Å²) in [7, 11) is 0. The van der Waals surface area contributed by atoms with Crippen LogP contribution < -0.4 is 9.47 Å². The maximum Gasteiger partial charge on any atom is 0.230 e. The number of nitrogens with zero attached hydrogens (tertiary/aromatic N) is 4. The summed E-state index contributed by atoms with van der Waals surface area (Å²) in [5.41, 5.74) is 3.34. The molecule has 1 aliphatic rings. The number of rotatable bonds is 2. The Morgan fingerprint density at radius 1 is 0.600 bits per heavy atom. The lowest BCUT2D eigenvalue weighted by atomic mass is 9.91. The molecule has 35 heavy (non-hydrogen) atoms. The van der Waals surface area contributed by atoms with E-state index >= 15 is 0 Å². The molecule has 4 aromatic rings. The van der Waals surface area contributed by atoms with Crippen molar-refractivity contribution in [1.29, 1.82) is 21.0 Å². The van der Waals surface area contributed by atoms with Crippen LogP contribution in [0, 0.1) is 45.3 Å². The number of allylic oxidation sites excluding steroid dienone is 2. The molecule has 6 nitrogen and oxygen atoms in total. The molecule has 1 heterocycles. The standard InChI is InChI=1S/C29H14N4O2/c30-13-20(14-31)9-18-1-5-24-22(11-18)3-7-26-28(24)29-25-6-2-19(10-21(15-32)16-33)12-23(25)4-8-27(29)35-17-34-26/h1-12H,17H2. The molecule has 0 unspecified atom stereocenters. The van der Waals surface area contributed by atoms with E-state index in [0.29, 0.717) is 11.5 Å². The minimum absolute atomic E-state index is 0.0352. The van der Waals surface area contributed by atoms with Gasteiger partial charge in [-0.3, -0.25) is 0 Å². The van der Waals surface area contributed by atoms with Crippen molar-refractivity contribution in [3.05, 3.63) is 82.9 Å². The van der Waals surface area contributed by atoms with Gasteiger partial charge in [0.15, 0.2) is 0 Å². The first-order valence-electron chi connectivity index (χ1n) is 10.6. The lowest BCUT2D eigenvalue weighted by Gasteiger charge is -2.14. The Hall–Kier alpha value is -5.56. The summed E-state index contributed by atoms with van der Waals surface area (Å²) in [5.74, 6) is 1.36. The maximum absolute atomic E-state index is 9.09. The highest BCUT2D eigenvalue weighted by atomic mass is 16.7. The van der Waals surface area contributed by atoms with Gasteiger partial charge in [-0.1, -0.05) is 36.4 Å². The van der Waals surface area contributed by atoms with E-state index in [0.717, 1.165) is 43.8 Å². The Kier molecular flexibility index (Phi) is 5.33. The first-order valence-corrected chi connectivity index (χ1v) is 10.6. The lowest BCUT2D eigenvalue weighted by molar-refractivity contribution is 0.125. The van der Waals surface area contributed by atoms with Crippen LogP contribution in [0.2, 0.25) is 0 Å². The van der Waals surface area contributed by atoms with Gasteiger partial charge in [0, 0.05) is 11.1 Å². The zero-order valence-electron chi connectivity index (χ0n) is 18.2. The predicted molar refractivity (Wildman–Crippen MR) is 131 cm³/mol. The molecule has 0 saturated heterocycles. The molecule has 4 aromatic carbocycles. The zero-order chi connectivity index (χ0) is 24.4. The second-order valence-electron chi connectivity index (χ2n) is 7.81. The van der Waals surface area contributed by atoms with Crippen molar-refractivity contribution >= 4 is 33.7 Å². The molecule has 0 aromatic heterocycles. The molecule has 0 spiro atoms. The third-order valence-corrected chi connectivity index (χ3v) is 5.79. The van der Waals surface area contributed by atoms with E-state index in [1.165, 1.54) is 0 Å². The number of hydrogen-bond donors (Lipinski definition) is 0. The Morgan fingerprint density at radius 3 is 1.43 bits per heavy atom. The fourth-order valence-corrected chi connectivity index (χ4v) is 4.26. The quantitative estimate of drug-likeness (QED) is 0.334. The molecule has 1 aliphatic heterocycles. The summed E-state index contributed by atoms with van der Waals surface area (Å²) in [5, 5.41) is 40.1. The van der Waals surface area contributed by atoms with Gasteiger partial charge in [0.25, 0.3) is 0 Å². The SMILES string of the molecule is N#CC(C#N)=Cc1ccc2c3c(ccc2c1)OCOc1ccc2cc(C=C(C#N)C#N)ccc2c1-3. The van der Waals surface area contributed by atoms with E-state index in [9.17, 15) is 0 Å². The summed E-state index contributed by atoms with van der Waals surface area (Å²) in [6, 6.07) is 26.7. The van der Waals surface area contributed by atoms with Crippen LogP contribution in [0.1, 0.15) is 11.1 Å². The molecular formula is C29H14N4O2. The van der Waals surface area contributed by atoms with Crippen LogP contribution in [0.4, 0.5) is 0 Å². The van der Waals surface area contributed by atoms with Crippen molar-refractivity contribution < 1.29 is 9.47 Å². The molecule has 0 N–H and O–H groups in total. The number of benzene rings is 4. The van der Waals surface area contributed by atoms with Gasteiger partial charge < -0.3 is 9.47 Å². The van der Waals surface area contributed by atoms with Crippen molar-refractivity contribution in [2.45, 2.75) is 0 Å². The monoisotopic (exact) mass is 450 g/mol. The summed E-state index contributed by atoms with van der Waals surface area (Å²) in [6.45, 7) is 0.0695. The highest BCUT2D eigenvalue weighted by Gasteiger charge is 2.22. The van der Waals surface area contributed by atoms with E-state index < -0.39 is 0 Å². The summed E-state index contributed by atoms with van der Waals surface area (Å²) in [6.07, 6.45) is 3.11. The van der Waals surface area contributed by atoms with Crippen LogP contribution in [-0.2, 0) is 0 Å². The van der Waals surface area contributed by atoms with Crippen molar-refractivity contribution in [3.8, 4) is 46.9 Å². The van der Waals surface area contributed by atoms with Crippen LogP contribution in [0.25, 0.3) is 44.8 Å². The van der Waals surface area contributed by atoms with Crippen LogP contribution in [0.5, 0.6) is 11.5 Å². The van der Waals surface area contributed by atoms with Gasteiger partial charge >= 0.3 is 0 Å². The van der Waals surface area contributed by atoms with Gasteiger partial charge in [-0.05, 0) is 69.1 Å². The van der Waals surface area contributed by atoms with E-state index in [2.05, 4.69) is 0 Å². The summed E-state index contributed by atoms with van der Waals surface area (Å²) < 4.78 is 11.8. The third kappa shape index (κ3) is 3.79. The first kappa shape index (κ1) is 21.3. The Labute approximate surface area is 201 Å². The van der Waals surface area contributed by atoms with E-state index in [1.807, 2.05) is 84.9 Å². The minimum Gasteiger partial charge on any atom is -0.457 e. The van der Waals surface area contributed by atoms with E-state index in [1.54, 1.807) is 12.2 Å². The van der Waals surface area contributed by atoms with Crippen LogP contribution in [0.15, 0.2) is 71.8 Å². The molecule has 0 amide bonds.